The summed E-state index contributed by atoms with van der Waals surface area (Å²) in [5.74, 6) is -1.41. The lowest BCUT2D eigenvalue weighted by Gasteiger charge is -2.13. The molecule has 1 heterocycles. The molecular weight excluding hydrogens is 190 g/mol. The van der Waals surface area contributed by atoms with Gasteiger partial charge in [-0.15, -0.1) is 0 Å². The van der Waals surface area contributed by atoms with E-state index in [-0.39, 0.29) is 5.92 Å². The Morgan fingerprint density at radius 1 is 1.64 bits per heavy atom. The number of carboxylic acid groups (broad SMARTS) is 1. The molecule has 1 aliphatic rings. The summed E-state index contributed by atoms with van der Waals surface area (Å²) < 4.78 is 5.15. The second-order valence-electron chi connectivity index (χ2n) is 3.21. The highest BCUT2D eigenvalue weighted by Gasteiger charge is 2.30. The molecular formula is C8H13NO5. The van der Waals surface area contributed by atoms with Gasteiger partial charge >= 0.3 is 5.97 Å². The summed E-state index contributed by atoms with van der Waals surface area (Å²) in [4.78, 5) is 25.8. The number of amides is 1. The maximum Gasteiger partial charge on any atom is 0.332 e. The van der Waals surface area contributed by atoms with Crippen molar-refractivity contribution in [3.05, 3.63) is 0 Å². The Labute approximate surface area is 81.1 Å². The molecule has 0 radical (unpaired) electrons. The molecule has 1 rings (SSSR count). The summed E-state index contributed by atoms with van der Waals surface area (Å²) in [6, 6.07) is 0. The van der Waals surface area contributed by atoms with Crippen LogP contribution in [0.1, 0.15) is 13.3 Å². The van der Waals surface area contributed by atoms with Crippen LogP contribution in [0.5, 0.6) is 0 Å². The predicted molar refractivity (Wildman–Crippen MR) is 45.3 cm³/mol. The molecule has 14 heavy (non-hydrogen) atoms. The van der Waals surface area contributed by atoms with Crippen molar-refractivity contribution in [3.8, 4) is 0 Å². The number of rotatable bonds is 4. The third-order valence-electron chi connectivity index (χ3n) is 2.01. The molecule has 6 heteroatoms. The second-order valence-corrected chi connectivity index (χ2v) is 3.21. The predicted octanol–water partition coefficient (Wildman–Crippen LogP) is -0.456. The van der Waals surface area contributed by atoms with Gasteiger partial charge in [-0.2, -0.15) is 0 Å². The van der Waals surface area contributed by atoms with Crippen molar-refractivity contribution in [2.45, 2.75) is 19.4 Å². The highest BCUT2D eigenvalue weighted by molar-refractivity contribution is 5.80. The van der Waals surface area contributed by atoms with Crippen LogP contribution in [0, 0.1) is 5.92 Å². The van der Waals surface area contributed by atoms with Crippen LogP contribution in [-0.2, 0) is 19.2 Å². The van der Waals surface area contributed by atoms with E-state index in [4.69, 9.17) is 9.84 Å². The van der Waals surface area contributed by atoms with Crippen LogP contribution in [0.15, 0.2) is 0 Å². The van der Waals surface area contributed by atoms with Crippen LogP contribution in [-0.4, -0.2) is 36.3 Å². The molecule has 0 bridgehead atoms. The number of aliphatic carboxylic acids is 1. The molecule has 2 atom stereocenters. The molecule has 2 unspecified atom stereocenters. The van der Waals surface area contributed by atoms with Gasteiger partial charge < -0.3 is 9.84 Å². The first kappa shape index (κ1) is 10.9. The van der Waals surface area contributed by atoms with Crippen molar-refractivity contribution in [3.63, 3.8) is 0 Å². The zero-order valence-corrected chi connectivity index (χ0v) is 7.86. The average Bonchev–Trinajstić information content (AvgIpc) is 2.50. The van der Waals surface area contributed by atoms with E-state index < -0.39 is 24.6 Å². The van der Waals surface area contributed by atoms with Crippen LogP contribution in [0.4, 0.5) is 0 Å². The number of carbonyl (C=O) groups is 2. The first-order valence-electron chi connectivity index (χ1n) is 4.36. The highest BCUT2D eigenvalue weighted by Crippen LogP contribution is 2.19. The normalized spacial score (nSPS) is 26.1. The summed E-state index contributed by atoms with van der Waals surface area (Å²) in [5.41, 5.74) is 2.04. The summed E-state index contributed by atoms with van der Waals surface area (Å²) in [6.07, 6.45) is 0.306. The lowest BCUT2D eigenvalue weighted by Crippen LogP contribution is -2.38. The Morgan fingerprint density at radius 2 is 2.36 bits per heavy atom. The summed E-state index contributed by atoms with van der Waals surface area (Å²) >= 11 is 0. The summed E-state index contributed by atoms with van der Waals surface area (Å²) in [6.45, 7) is 1.90. The Morgan fingerprint density at radius 3 is 2.86 bits per heavy atom. The van der Waals surface area contributed by atoms with E-state index >= 15 is 0 Å². The van der Waals surface area contributed by atoms with E-state index in [0.717, 1.165) is 6.42 Å². The number of hydrogen-bond acceptors (Lipinski definition) is 4. The van der Waals surface area contributed by atoms with Gasteiger partial charge in [0.15, 0.2) is 6.61 Å². The zero-order chi connectivity index (χ0) is 10.6. The SMILES string of the molecule is CC1CCOC1C(=O)NOCC(=O)O. The standard InChI is InChI=1S/C8H13NO5/c1-5-2-3-13-7(5)8(12)9-14-4-6(10)11/h5,7H,2-4H2,1H3,(H,9,12)(H,10,11). The Kier molecular flexibility index (Phi) is 3.84. The average molecular weight is 203 g/mol. The van der Waals surface area contributed by atoms with Crippen molar-refractivity contribution in [2.24, 2.45) is 5.92 Å². The fourth-order valence-electron chi connectivity index (χ4n) is 1.26. The minimum atomic E-state index is -1.13. The maximum absolute atomic E-state index is 11.3. The molecule has 2 N–H and O–H groups in total. The van der Waals surface area contributed by atoms with E-state index in [1.165, 1.54) is 0 Å². The van der Waals surface area contributed by atoms with E-state index in [1.54, 1.807) is 0 Å². The van der Waals surface area contributed by atoms with E-state index in [0.29, 0.717) is 6.61 Å². The van der Waals surface area contributed by atoms with Crippen LogP contribution < -0.4 is 5.48 Å². The van der Waals surface area contributed by atoms with Gasteiger partial charge in [-0.25, -0.2) is 10.3 Å². The maximum atomic E-state index is 11.3. The number of carbonyl (C=O) groups excluding carboxylic acids is 1. The number of ether oxygens (including phenoxy) is 1. The summed E-state index contributed by atoms with van der Waals surface area (Å²) in [7, 11) is 0. The van der Waals surface area contributed by atoms with Gasteiger partial charge in [0.1, 0.15) is 6.10 Å². The molecule has 6 nitrogen and oxygen atoms in total. The third kappa shape index (κ3) is 2.97. The first-order valence-corrected chi connectivity index (χ1v) is 4.36. The van der Waals surface area contributed by atoms with Crippen molar-refractivity contribution in [2.75, 3.05) is 13.2 Å². The molecule has 1 amide bonds. The van der Waals surface area contributed by atoms with Crippen LogP contribution in [0.25, 0.3) is 0 Å². The Bertz CT molecular complexity index is 230. The van der Waals surface area contributed by atoms with Gasteiger partial charge in [0.25, 0.3) is 5.91 Å². The third-order valence-corrected chi connectivity index (χ3v) is 2.01. The van der Waals surface area contributed by atoms with E-state index in [1.807, 2.05) is 12.4 Å². The van der Waals surface area contributed by atoms with Crippen molar-refractivity contribution in [1.29, 1.82) is 0 Å². The van der Waals surface area contributed by atoms with E-state index in [9.17, 15) is 9.59 Å². The lowest BCUT2D eigenvalue weighted by atomic mass is 10.0. The first-order chi connectivity index (χ1) is 6.61. The molecule has 1 saturated heterocycles. The molecule has 0 aliphatic carbocycles. The van der Waals surface area contributed by atoms with E-state index in [2.05, 4.69) is 4.84 Å². The van der Waals surface area contributed by atoms with Crippen molar-refractivity contribution in [1.82, 2.24) is 5.48 Å². The highest BCUT2D eigenvalue weighted by atomic mass is 16.7. The monoisotopic (exact) mass is 203 g/mol. The number of hydroxylamine groups is 1. The lowest BCUT2D eigenvalue weighted by molar-refractivity contribution is -0.153. The smallest absolute Gasteiger partial charge is 0.332 e. The van der Waals surface area contributed by atoms with Crippen LogP contribution in [0.2, 0.25) is 0 Å². The van der Waals surface area contributed by atoms with Gasteiger partial charge in [-0.3, -0.25) is 9.63 Å². The number of nitrogens with one attached hydrogen (secondary N) is 1. The number of hydrogen-bond donors (Lipinski definition) is 2. The zero-order valence-electron chi connectivity index (χ0n) is 7.86. The molecule has 80 valence electrons. The van der Waals surface area contributed by atoms with Crippen molar-refractivity contribution < 1.29 is 24.3 Å². The van der Waals surface area contributed by atoms with Crippen LogP contribution >= 0.6 is 0 Å². The molecule has 1 aliphatic heterocycles. The fraction of sp³-hybridized carbons (Fsp3) is 0.750. The van der Waals surface area contributed by atoms with Crippen LogP contribution in [0.3, 0.4) is 0 Å². The topological polar surface area (TPSA) is 84.9 Å². The minimum Gasteiger partial charge on any atom is -0.479 e. The van der Waals surface area contributed by atoms with Gasteiger partial charge in [0.2, 0.25) is 0 Å². The van der Waals surface area contributed by atoms with Gasteiger partial charge in [0.05, 0.1) is 0 Å². The quantitative estimate of drug-likeness (QED) is 0.604. The minimum absolute atomic E-state index is 0.142. The van der Waals surface area contributed by atoms with Gasteiger partial charge in [-0.05, 0) is 12.3 Å². The van der Waals surface area contributed by atoms with Crippen molar-refractivity contribution >= 4 is 11.9 Å². The number of carboxylic acids is 1. The second kappa shape index (κ2) is 4.92. The Balaban J connectivity index is 2.24. The molecule has 0 saturated carbocycles. The molecule has 0 aromatic carbocycles. The van der Waals surface area contributed by atoms with Gasteiger partial charge in [-0.1, -0.05) is 6.92 Å². The van der Waals surface area contributed by atoms with Gasteiger partial charge in [0, 0.05) is 6.61 Å². The summed E-state index contributed by atoms with van der Waals surface area (Å²) in [5, 5.41) is 8.24. The molecule has 0 aromatic heterocycles. The fourth-order valence-corrected chi connectivity index (χ4v) is 1.26. The Hall–Kier alpha value is -1.14. The molecule has 1 fully saturated rings. The largest absolute Gasteiger partial charge is 0.479 e. The molecule has 0 aromatic rings. The molecule has 0 spiro atoms.